The molecular weight excluding hydrogens is 368 g/mol. The van der Waals surface area contributed by atoms with Crippen molar-refractivity contribution in [2.45, 2.75) is 45.3 Å². The summed E-state index contributed by atoms with van der Waals surface area (Å²) in [5.74, 6) is -4.10. The van der Waals surface area contributed by atoms with Crippen LogP contribution in [0.2, 0.25) is 0 Å². The molecule has 2 atom stereocenters. The molecule has 0 amide bonds. The van der Waals surface area contributed by atoms with Crippen LogP contribution in [0.15, 0.2) is 40.8 Å². The van der Waals surface area contributed by atoms with Crippen LogP contribution in [0.1, 0.15) is 45.1 Å². The van der Waals surface area contributed by atoms with Crippen molar-refractivity contribution in [2.24, 2.45) is 11.3 Å². The molecule has 4 rings (SSSR count). The number of esters is 2. The van der Waals surface area contributed by atoms with Gasteiger partial charge in [-0.15, -0.1) is 0 Å². The summed E-state index contributed by atoms with van der Waals surface area (Å²) in [4.78, 5) is 26.8. The van der Waals surface area contributed by atoms with E-state index in [9.17, 15) is 18.0 Å². The molecule has 1 aromatic rings. The number of cyclic esters (lactones) is 2. The van der Waals surface area contributed by atoms with Crippen molar-refractivity contribution in [3.8, 4) is 0 Å². The molecule has 1 aliphatic carbocycles. The maximum absolute atomic E-state index is 13.3. The van der Waals surface area contributed by atoms with Crippen LogP contribution in [0.3, 0.4) is 0 Å². The molecule has 0 aromatic heterocycles. The molecule has 2 heterocycles. The van der Waals surface area contributed by atoms with Gasteiger partial charge in [-0.2, -0.15) is 0 Å². The Kier molecular flexibility index (Phi) is 3.83. The minimum absolute atomic E-state index is 0.0719. The standard InChI is InChI=1S/C20H22O6S/c1-12-11-15(13-7-5-4-6-8-13)20(14-9-10-27(23,24)16(12)14)17(21)25-19(2,3)26-18(20)22/h4-8,14-15H,9-11H2,1-3H3/t14?,15-/m0/s1. The highest BCUT2D eigenvalue weighted by Crippen LogP contribution is 2.60. The van der Waals surface area contributed by atoms with Gasteiger partial charge in [-0.05, 0) is 25.3 Å². The summed E-state index contributed by atoms with van der Waals surface area (Å²) in [6.07, 6.45) is 0.503. The molecule has 0 saturated carbocycles. The molecule has 2 aliphatic heterocycles. The highest BCUT2D eigenvalue weighted by Gasteiger charge is 2.69. The largest absolute Gasteiger partial charge is 0.422 e. The molecule has 1 spiro atoms. The first-order valence-electron chi connectivity index (χ1n) is 9.04. The monoisotopic (exact) mass is 390 g/mol. The summed E-state index contributed by atoms with van der Waals surface area (Å²) in [5, 5.41) is 0. The normalized spacial score (nSPS) is 30.6. The van der Waals surface area contributed by atoms with Crippen LogP contribution < -0.4 is 0 Å². The van der Waals surface area contributed by atoms with E-state index < -0.39 is 44.8 Å². The lowest BCUT2D eigenvalue weighted by Gasteiger charge is -2.49. The topological polar surface area (TPSA) is 86.7 Å². The van der Waals surface area contributed by atoms with Crippen molar-refractivity contribution in [3.05, 3.63) is 46.4 Å². The Hall–Kier alpha value is -2.15. The summed E-state index contributed by atoms with van der Waals surface area (Å²) >= 11 is 0. The van der Waals surface area contributed by atoms with Crippen molar-refractivity contribution in [3.63, 3.8) is 0 Å². The van der Waals surface area contributed by atoms with Crippen LogP contribution in [-0.2, 0) is 28.9 Å². The second kappa shape index (κ2) is 5.67. The van der Waals surface area contributed by atoms with E-state index >= 15 is 0 Å². The molecular formula is C20H22O6S. The summed E-state index contributed by atoms with van der Waals surface area (Å²) in [6.45, 7) is 4.78. The van der Waals surface area contributed by atoms with Gasteiger partial charge >= 0.3 is 11.9 Å². The van der Waals surface area contributed by atoms with Gasteiger partial charge in [0.15, 0.2) is 15.3 Å². The predicted molar refractivity (Wildman–Crippen MR) is 97.1 cm³/mol. The van der Waals surface area contributed by atoms with E-state index in [4.69, 9.17) is 9.47 Å². The molecule has 1 unspecified atom stereocenters. The quantitative estimate of drug-likeness (QED) is 0.541. The van der Waals surface area contributed by atoms with Gasteiger partial charge in [0.25, 0.3) is 5.79 Å². The molecule has 2 fully saturated rings. The van der Waals surface area contributed by atoms with Gasteiger partial charge in [0.05, 0.1) is 5.75 Å². The number of carbonyl (C=O) groups excluding carboxylic acids is 2. The zero-order chi connectivity index (χ0) is 19.6. The lowest BCUT2D eigenvalue weighted by Crippen LogP contribution is -2.60. The second-order valence-electron chi connectivity index (χ2n) is 8.02. The van der Waals surface area contributed by atoms with Gasteiger partial charge in [-0.25, -0.2) is 8.42 Å². The average molecular weight is 390 g/mol. The Morgan fingerprint density at radius 2 is 1.59 bits per heavy atom. The molecule has 6 nitrogen and oxygen atoms in total. The number of benzene rings is 1. The zero-order valence-electron chi connectivity index (χ0n) is 15.5. The number of hydrogen-bond donors (Lipinski definition) is 0. The number of ether oxygens (including phenoxy) is 2. The van der Waals surface area contributed by atoms with Gasteiger partial charge in [-0.3, -0.25) is 9.59 Å². The number of rotatable bonds is 1. The van der Waals surface area contributed by atoms with Crippen LogP contribution in [0, 0.1) is 11.3 Å². The fourth-order valence-corrected chi connectivity index (χ4v) is 7.01. The fraction of sp³-hybridized carbons (Fsp3) is 0.500. The highest BCUT2D eigenvalue weighted by molar-refractivity contribution is 7.95. The minimum atomic E-state index is -3.49. The van der Waals surface area contributed by atoms with Crippen LogP contribution >= 0.6 is 0 Å². The fourth-order valence-electron chi connectivity index (χ4n) is 4.89. The van der Waals surface area contributed by atoms with Gasteiger partial charge in [0.1, 0.15) is 0 Å². The summed E-state index contributed by atoms with van der Waals surface area (Å²) in [5.41, 5.74) is -0.161. The third-order valence-corrected chi connectivity index (χ3v) is 7.99. The SMILES string of the molecule is CC1=C2C(CCS2(=O)=O)C2(C(=O)OC(C)(C)OC2=O)[C@H](c2ccccc2)C1. The van der Waals surface area contributed by atoms with E-state index in [0.717, 1.165) is 5.56 Å². The Labute approximate surface area is 158 Å². The Bertz CT molecular complexity index is 937. The smallest absolute Gasteiger partial charge is 0.328 e. The van der Waals surface area contributed by atoms with Crippen molar-refractivity contribution >= 4 is 21.8 Å². The van der Waals surface area contributed by atoms with E-state index in [0.29, 0.717) is 12.0 Å². The first-order valence-corrected chi connectivity index (χ1v) is 10.7. The van der Waals surface area contributed by atoms with E-state index in [2.05, 4.69) is 0 Å². The predicted octanol–water partition coefficient (Wildman–Crippen LogP) is 2.71. The molecule has 2 saturated heterocycles. The average Bonchev–Trinajstić information content (AvgIpc) is 2.90. The Morgan fingerprint density at radius 3 is 2.19 bits per heavy atom. The van der Waals surface area contributed by atoms with E-state index in [-0.39, 0.29) is 17.1 Å². The Morgan fingerprint density at radius 1 is 1.00 bits per heavy atom. The first-order chi connectivity index (χ1) is 12.6. The molecule has 0 bridgehead atoms. The molecule has 144 valence electrons. The van der Waals surface area contributed by atoms with Gasteiger partial charge in [0, 0.05) is 30.6 Å². The van der Waals surface area contributed by atoms with Gasteiger partial charge in [-0.1, -0.05) is 35.9 Å². The van der Waals surface area contributed by atoms with Crippen LogP contribution in [-0.4, -0.2) is 31.9 Å². The van der Waals surface area contributed by atoms with Gasteiger partial charge in [0.2, 0.25) is 0 Å². The number of carbonyl (C=O) groups is 2. The summed E-state index contributed by atoms with van der Waals surface area (Å²) in [6, 6.07) is 9.25. The number of allylic oxidation sites excluding steroid dienone is 2. The van der Waals surface area contributed by atoms with E-state index in [1.165, 1.54) is 13.8 Å². The van der Waals surface area contributed by atoms with Crippen molar-refractivity contribution in [1.82, 2.24) is 0 Å². The molecule has 0 N–H and O–H groups in total. The molecule has 27 heavy (non-hydrogen) atoms. The highest BCUT2D eigenvalue weighted by atomic mass is 32.2. The number of sulfone groups is 1. The first kappa shape index (κ1) is 18.2. The van der Waals surface area contributed by atoms with Crippen molar-refractivity contribution in [2.75, 3.05) is 5.75 Å². The Balaban J connectivity index is 1.98. The minimum Gasteiger partial charge on any atom is -0.422 e. The maximum Gasteiger partial charge on any atom is 0.328 e. The van der Waals surface area contributed by atoms with Gasteiger partial charge < -0.3 is 9.47 Å². The molecule has 1 aromatic carbocycles. The van der Waals surface area contributed by atoms with Crippen LogP contribution in [0.4, 0.5) is 0 Å². The molecule has 0 radical (unpaired) electrons. The number of fused-ring (bicyclic) bond motifs is 2. The zero-order valence-corrected chi connectivity index (χ0v) is 16.3. The lowest BCUT2D eigenvalue weighted by molar-refractivity contribution is -0.257. The summed E-state index contributed by atoms with van der Waals surface area (Å²) in [7, 11) is -3.49. The maximum atomic E-state index is 13.3. The molecule has 3 aliphatic rings. The van der Waals surface area contributed by atoms with E-state index in [1.807, 2.05) is 30.3 Å². The van der Waals surface area contributed by atoms with Crippen LogP contribution in [0.25, 0.3) is 0 Å². The molecule has 7 heteroatoms. The van der Waals surface area contributed by atoms with Crippen molar-refractivity contribution < 1.29 is 27.5 Å². The summed E-state index contributed by atoms with van der Waals surface area (Å²) < 4.78 is 36.3. The van der Waals surface area contributed by atoms with Crippen molar-refractivity contribution in [1.29, 1.82) is 0 Å². The van der Waals surface area contributed by atoms with Crippen LogP contribution in [0.5, 0.6) is 0 Å². The third-order valence-electron chi connectivity index (χ3n) is 5.91. The third kappa shape index (κ3) is 2.47. The lowest BCUT2D eigenvalue weighted by atomic mass is 9.58. The van der Waals surface area contributed by atoms with E-state index in [1.54, 1.807) is 6.92 Å². The number of hydrogen-bond acceptors (Lipinski definition) is 6. The second-order valence-corrected chi connectivity index (χ2v) is 10.1.